The Bertz CT molecular complexity index is 91.8. The van der Waals surface area contributed by atoms with Gasteiger partial charge in [0.2, 0.25) is 0 Å². The van der Waals surface area contributed by atoms with Crippen LogP contribution in [-0.2, 0) is 0 Å². The second-order valence-electron chi connectivity index (χ2n) is 3.94. The first-order valence-electron chi connectivity index (χ1n) is 5.12. The van der Waals surface area contributed by atoms with Crippen molar-refractivity contribution in [2.75, 3.05) is 6.54 Å². The Morgan fingerprint density at radius 1 is 1.00 bits per heavy atom. The molecule has 0 fully saturated rings. The summed E-state index contributed by atoms with van der Waals surface area (Å²) < 4.78 is 0. The van der Waals surface area contributed by atoms with Crippen molar-refractivity contribution in [2.24, 2.45) is 17.4 Å². The fourth-order valence-electron chi connectivity index (χ4n) is 1.33. The van der Waals surface area contributed by atoms with Gasteiger partial charge in [0.15, 0.2) is 0 Å². The minimum atomic E-state index is 0.363. The predicted molar refractivity (Wildman–Crippen MR) is 55.0 cm³/mol. The van der Waals surface area contributed by atoms with E-state index in [4.69, 9.17) is 11.5 Å². The molecular weight excluding hydrogens is 148 g/mol. The Morgan fingerprint density at radius 2 is 1.67 bits per heavy atom. The van der Waals surface area contributed by atoms with Gasteiger partial charge in [-0.2, -0.15) is 0 Å². The summed E-state index contributed by atoms with van der Waals surface area (Å²) in [6.45, 7) is 5.21. The summed E-state index contributed by atoms with van der Waals surface area (Å²) in [5.74, 6) is 0.822. The van der Waals surface area contributed by atoms with Crippen molar-refractivity contribution < 1.29 is 0 Å². The van der Waals surface area contributed by atoms with Crippen molar-refractivity contribution >= 4 is 0 Å². The summed E-state index contributed by atoms with van der Waals surface area (Å²) in [5, 5.41) is 0. The van der Waals surface area contributed by atoms with E-state index in [0.717, 1.165) is 18.9 Å². The molecular formula is C10H24N2. The molecule has 0 aromatic carbocycles. The van der Waals surface area contributed by atoms with Gasteiger partial charge >= 0.3 is 0 Å². The predicted octanol–water partition coefficient (Wildman–Crippen LogP) is 1.88. The fourth-order valence-corrected chi connectivity index (χ4v) is 1.33. The molecule has 12 heavy (non-hydrogen) atoms. The van der Waals surface area contributed by atoms with E-state index < -0.39 is 0 Å². The zero-order chi connectivity index (χ0) is 9.40. The summed E-state index contributed by atoms with van der Waals surface area (Å²) in [4.78, 5) is 0. The van der Waals surface area contributed by atoms with Gasteiger partial charge in [-0.1, -0.05) is 19.8 Å². The lowest BCUT2D eigenvalue weighted by molar-refractivity contribution is 0.436. The van der Waals surface area contributed by atoms with E-state index in [0.29, 0.717) is 6.04 Å². The molecule has 0 saturated heterocycles. The quantitative estimate of drug-likeness (QED) is 0.576. The van der Waals surface area contributed by atoms with Crippen LogP contribution < -0.4 is 11.5 Å². The van der Waals surface area contributed by atoms with E-state index >= 15 is 0 Å². The standard InChI is InChI=1S/C10H24N2/c1-9(5-3-4-8-11)6-7-10(2)12/h9-10H,3-8,11-12H2,1-2H3. The number of nitrogens with two attached hydrogens (primary N) is 2. The maximum atomic E-state index is 5.68. The van der Waals surface area contributed by atoms with Crippen LogP contribution in [0.15, 0.2) is 0 Å². The Balaban J connectivity index is 3.15. The van der Waals surface area contributed by atoms with Crippen LogP contribution in [0.1, 0.15) is 46.0 Å². The number of hydrogen-bond acceptors (Lipinski definition) is 2. The zero-order valence-electron chi connectivity index (χ0n) is 8.55. The van der Waals surface area contributed by atoms with Gasteiger partial charge in [0.25, 0.3) is 0 Å². The van der Waals surface area contributed by atoms with Crippen molar-refractivity contribution in [1.29, 1.82) is 0 Å². The third kappa shape index (κ3) is 8.02. The van der Waals surface area contributed by atoms with Gasteiger partial charge in [0.05, 0.1) is 0 Å². The largest absolute Gasteiger partial charge is 0.330 e. The van der Waals surface area contributed by atoms with Crippen LogP contribution >= 0.6 is 0 Å². The fraction of sp³-hybridized carbons (Fsp3) is 1.00. The Hall–Kier alpha value is -0.0800. The summed E-state index contributed by atoms with van der Waals surface area (Å²) >= 11 is 0. The van der Waals surface area contributed by atoms with Crippen LogP contribution in [-0.4, -0.2) is 12.6 Å². The van der Waals surface area contributed by atoms with Crippen molar-refractivity contribution in [1.82, 2.24) is 0 Å². The van der Waals surface area contributed by atoms with Crippen LogP contribution in [0.25, 0.3) is 0 Å². The smallest absolute Gasteiger partial charge is 0.00105 e. The summed E-state index contributed by atoms with van der Waals surface area (Å²) in [5.41, 5.74) is 11.1. The van der Waals surface area contributed by atoms with E-state index in [1.54, 1.807) is 0 Å². The molecule has 0 bridgehead atoms. The Labute approximate surface area is 76.7 Å². The average Bonchev–Trinajstić information content (AvgIpc) is 2.01. The lowest BCUT2D eigenvalue weighted by Gasteiger charge is -2.12. The molecule has 0 amide bonds. The molecule has 0 aromatic rings. The van der Waals surface area contributed by atoms with Crippen LogP contribution in [0, 0.1) is 5.92 Å². The molecule has 4 N–H and O–H groups in total. The molecule has 0 aromatic heterocycles. The first-order valence-corrected chi connectivity index (χ1v) is 5.12. The maximum Gasteiger partial charge on any atom is 0.00105 e. The van der Waals surface area contributed by atoms with Gasteiger partial charge in [0, 0.05) is 6.04 Å². The number of unbranched alkanes of at least 4 members (excludes halogenated alkanes) is 1. The maximum absolute atomic E-state index is 5.68. The van der Waals surface area contributed by atoms with Gasteiger partial charge in [-0.3, -0.25) is 0 Å². The van der Waals surface area contributed by atoms with Crippen LogP contribution in [0.4, 0.5) is 0 Å². The molecule has 0 aliphatic carbocycles. The van der Waals surface area contributed by atoms with Gasteiger partial charge in [-0.15, -0.1) is 0 Å². The summed E-state index contributed by atoms with van der Waals surface area (Å²) in [6.07, 6.45) is 6.18. The molecule has 0 rings (SSSR count). The van der Waals surface area contributed by atoms with Crippen molar-refractivity contribution in [3.8, 4) is 0 Å². The zero-order valence-corrected chi connectivity index (χ0v) is 8.55. The minimum absolute atomic E-state index is 0.363. The summed E-state index contributed by atoms with van der Waals surface area (Å²) in [7, 11) is 0. The molecule has 2 heteroatoms. The van der Waals surface area contributed by atoms with E-state index in [1.807, 2.05) is 0 Å². The molecule has 2 atom stereocenters. The van der Waals surface area contributed by atoms with E-state index in [9.17, 15) is 0 Å². The van der Waals surface area contributed by atoms with Crippen molar-refractivity contribution in [3.63, 3.8) is 0 Å². The summed E-state index contributed by atoms with van der Waals surface area (Å²) in [6, 6.07) is 0.363. The molecule has 2 nitrogen and oxygen atoms in total. The Morgan fingerprint density at radius 3 is 2.17 bits per heavy atom. The lowest BCUT2D eigenvalue weighted by Crippen LogP contribution is -2.15. The van der Waals surface area contributed by atoms with Crippen molar-refractivity contribution in [3.05, 3.63) is 0 Å². The van der Waals surface area contributed by atoms with Crippen LogP contribution in [0.5, 0.6) is 0 Å². The van der Waals surface area contributed by atoms with E-state index in [1.165, 1.54) is 25.7 Å². The van der Waals surface area contributed by atoms with Crippen LogP contribution in [0.3, 0.4) is 0 Å². The van der Waals surface area contributed by atoms with E-state index in [-0.39, 0.29) is 0 Å². The van der Waals surface area contributed by atoms with Gasteiger partial charge in [0.1, 0.15) is 0 Å². The lowest BCUT2D eigenvalue weighted by atomic mass is 9.97. The highest BCUT2D eigenvalue weighted by atomic mass is 14.6. The normalized spacial score (nSPS) is 16.0. The molecule has 0 aliphatic heterocycles. The third-order valence-corrected chi connectivity index (χ3v) is 2.27. The molecule has 0 heterocycles. The molecule has 0 aliphatic rings. The SMILES string of the molecule is CC(N)CCC(C)CCCCN. The molecule has 74 valence electrons. The average molecular weight is 172 g/mol. The van der Waals surface area contributed by atoms with Crippen LogP contribution in [0.2, 0.25) is 0 Å². The highest BCUT2D eigenvalue weighted by Crippen LogP contribution is 2.14. The number of rotatable bonds is 7. The monoisotopic (exact) mass is 172 g/mol. The van der Waals surface area contributed by atoms with Gasteiger partial charge in [-0.05, 0) is 38.6 Å². The highest BCUT2D eigenvalue weighted by molar-refractivity contribution is 4.59. The first kappa shape index (κ1) is 11.9. The second kappa shape index (κ2) is 7.56. The number of hydrogen-bond donors (Lipinski definition) is 2. The molecule has 2 unspecified atom stereocenters. The second-order valence-corrected chi connectivity index (χ2v) is 3.94. The van der Waals surface area contributed by atoms with Gasteiger partial charge in [-0.25, -0.2) is 0 Å². The van der Waals surface area contributed by atoms with Crippen molar-refractivity contribution in [2.45, 2.75) is 52.0 Å². The first-order chi connectivity index (χ1) is 5.66. The third-order valence-electron chi connectivity index (χ3n) is 2.27. The topological polar surface area (TPSA) is 52.0 Å². The van der Waals surface area contributed by atoms with E-state index in [2.05, 4.69) is 13.8 Å². The molecule has 0 saturated carbocycles. The minimum Gasteiger partial charge on any atom is -0.330 e. The van der Waals surface area contributed by atoms with Gasteiger partial charge < -0.3 is 11.5 Å². The molecule has 0 spiro atoms. The Kier molecular flexibility index (Phi) is 7.51. The highest BCUT2D eigenvalue weighted by Gasteiger charge is 2.02. The molecule has 0 radical (unpaired) electrons.